The molecule has 0 radical (unpaired) electrons. The molecule has 0 saturated heterocycles. The minimum absolute atomic E-state index is 0.182. The van der Waals surface area contributed by atoms with E-state index < -0.39 is 11.9 Å². The van der Waals surface area contributed by atoms with Gasteiger partial charge in [-0.15, -0.1) is 11.3 Å². The van der Waals surface area contributed by atoms with Crippen LogP contribution in [-0.2, 0) is 11.8 Å². The summed E-state index contributed by atoms with van der Waals surface area (Å²) in [4.78, 5) is 30.3. The Kier molecular flexibility index (Phi) is 4.62. The molecule has 0 aromatic carbocycles. The fourth-order valence-corrected chi connectivity index (χ4v) is 3.52. The van der Waals surface area contributed by atoms with Crippen LogP contribution in [0.2, 0.25) is 0 Å². The molecule has 1 amide bonds. The summed E-state index contributed by atoms with van der Waals surface area (Å²) < 4.78 is 8.03. The van der Waals surface area contributed by atoms with Crippen molar-refractivity contribution in [2.75, 3.05) is 11.9 Å². The molecule has 4 heterocycles. The number of carbonyl (C=O) groups excluding carboxylic acids is 2. The third kappa shape index (κ3) is 3.03. The van der Waals surface area contributed by atoms with Crippen LogP contribution < -0.4 is 5.32 Å². The Balaban J connectivity index is 1.69. The number of esters is 1. The second kappa shape index (κ2) is 7.24. The Bertz CT molecular complexity index is 1160. The van der Waals surface area contributed by atoms with Gasteiger partial charge in [-0.25, -0.2) is 14.3 Å². The van der Waals surface area contributed by atoms with Crippen LogP contribution in [0.5, 0.6) is 0 Å². The maximum Gasteiger partial charge on any atom is 0.343 e. The molecule has 9 nitrogen and oxygen atoms in total. The third-order valence-corrected chi connectivity index (χ3v) is 4.98. The Morgan fingerprint density at radius 1 is 1.21 bits per heavy atom. The summed E-state index contributed by atoms with van der Waals surface area (Å²) in [7, 11) is 1.63. The highest BCUT2D eigenvalue weighted by atomic mass is 32.1. The smallest absolute Gasteiger partial charge is 0.343 e. The van der Waals surface area contributed by atoms with Gasteiger partial charge >= 0.3 is 5.97 Å². The molecule has 4 aromatic rings. The van der Waals surface area contributed by atoms with Gasteiger partial charge < -0.3 is 10.1 Å². The molecule has 0 atom stereocenters. The predicted molar refractivity (Wildman–Crippen MR) is 103 cm³/mol. The van der Waals surface area contributed by atoms with E-state index in [2.05, 4.69) is 20.5 Å². The number of nitrogens with one attached hydrogen (secondary N) is 1. The van der Waals surface area contributed by atoms with E-state index in [1.165, 1.54) is 17.1 Å². The van der Waals surface area contributed by atoms with Crippen LogP contribution in [0.25, 0.3) is 16.2 Å². The average Bonchev–Trinajstić information content (AvgIpc) is 3.42. The summed E-state index contributed by atoms with van der Waals surface area (Å²) >= 11 is 1.57. The molecular weight excluding hydrogens is 380 g/mol. The van der Waals surface area contributed by atoms with Crippen LogP contribution in [0, 0.1) is 0 Å². The molecule has 1 N–H and O–H groups in total. The first-order chi connectivity index (χ1) is 13.6. The predicted octanol–water partition coefficient (Wildman–Crippen LogP) is 2.62. The second-order valence-electron chi connectivity index (χ2n) is 5.81. The number of hydrogen-bond donors (Lipinski definition) is 1. The normalized spacial score (nSPS) is 10.9. The number of thiophene rings is 1. The van der Waals surface area contributed by atoms with E-state index in [0.29, 0.717) is 5.65 Å². The van der Waals surface area contributed by atoms with Crippen LogP contribution in [0.4, 0.5) is 5.82 Å². The van der Waals surface area contributed by atoms with E-state index >= 15 is 0 Å². The quantitative estimate of drug-likeness (QED) is 0.520. The third-order valence-electron chi connectivity index (χ3n) is 4.09. The van der Waals surface area contributed by atoms with Crippen LogP contribution in [0.3, 0.4) is 0 Å². The SMILES string of the molecule is CCOC(=O)c1cnn(C)c1NC(=O)c1cnn2c(-c3cccs3)ccnc12. The maximum atomic E-state index is 12.9. The van der Waals surface area contributed by atoms with E-state index in [9.17, 15) is 9.59 Å². The largest absolute Gasteiger partial charge is 0.462 e. The van der Waals surface area contributed by atoms with Crippen molar-refractivity contribution in [2.45, 2.75) is 6.92 Å². The van der Waals surface area contributed by atoms with Crippen molar-refractivity contribution in [1.82, 2.24) is 24.4 Å². The fourth-order valence-electron chi connectivity index (χ4n) is 2.78. The van der Waals surface area contributed by atoms with Crippen molar-refractivity contribution in [1.29, 1.82) is 0 Å². The van der Waals surface area contributed by atoms with E-state index in [1.54, 1.807) is 36.0 Å². The van der Waals surface area contributed by atoms with Crippen molar-refractivity contribution in [3.63, 3.8) is 0 Å². The second-order valence-corrected chi connectivity index (χ2v) is 6.75. The molecule has 0 spiro atoms. The summed E-state index contributed by atoms with van der Waals surface area (Å²) in [5.74, 6) is -0.749. The highest BCUT2D eigenvalue weighted by Gasteiger charge is 2.22. The first-order valence-corrected chi connectivity index (χ1v) is 9.35. The Labute approximate surface area is 163 Å². The zero-order chi connectivity index (χ0) is 19.7. The molecule has 142 valence electrons. The molecule has 4 aromatic heterocycles. The Hall–Kier alpha value is -3.53. The number of hydrogen-bond acceptors (Lipinski definition) is 7. The lowest BCUT2D eigenvalue weighted by atomic mass is 10.2. The van der Waals surface area contributed by atoms with Gasteiger partial charge in [-0.05, 0) is 24.4 Å². The number of fused-ring (bicyclic) bond motifs is 1. The maximum absolute atomic E-state index is 12.9. The van der Waals surface area contributed by atoms with Gasteiger partial charge in [0.05, 0.1) is 29.6 Å². The summed E-state index contributed by atoms with van der Waals surface area (Å²) in [6.45, 7) is 1.94. The zero-order valence-electron chi connectivity index (χ0n) is 15.1. The molecule has 10 heteroatoms. The Morgan fingerprint density at radius 3 is 2.79 bits per heavy atom. The van der Waals surface area contributed by atoms with Crippen LogP contribution >= 0.6 is 11.3 Å². The number of anilines is 1. The lowest BCUT2D eigenvalue weighted by Gasteiger charge is -2.07. The van der Waals surface area contributed by atoms with Crippen molar-refractivity contribution in [2.24, 2.45) is 7.05 Å². The van der Waals surface area contributed by atoms with Gasteiger partial charge in [-0.2, -0.15) is 10.2 Å². The first kappa shape index (κ1) is 17.9. The summed E-state index contributed by atoms with van der Waals surface area (Å²) in [6.07, 6.45) is 4.45. The lowest BCUT2D eigenvalue weighted by Crippen LogP contribution is -2.17. The molecule has 0 aliphatic rings. The van der Waals surface area contributed by atoms with Gasteiger partial charge in [-0.1, -0.05) is 6.07 Å². The van der Waals surface area contributed by atoms with E-state index in [0.717, 1.165) is 10.6 Å². The van der Waals surface area contributed by atoms with Gasteiger partial charge in [0.1, 0.15) is 16.9 Å². The van der Waals surface area contributed by atoms with Gasteiger partial charge in [0.25, 0.3) is 5.91 Å². The van der Waals surface area contributed by atoms with Gasteiger partial charge in [0.15, 0.2) is 5.65 Å². The van der Waals surface area contributed by atoms with Gasteiger partial charge in [0.2, 0.25) is 0 Å². The summed E-state index contributed by atoms with van der Waals surface area (Å²) in [6, 6.07) is 5.76. The monoisotopic (exact) mass is 396 g/mol. The molecule has 0 fully saturated rings. The molecule has 0 saturated carbocycles. The molecule has 4 rings (SSSR count). The number of aryl methyl sites for hydroxylation is 1. The molecule has 0 bridgehead atoms. The summed E-state index contributed by atoms with van der Waals surface area (Å²) in [5.41, 5.74) is 1.73. The van der Waals surface area contributed by atoms with E-state index in [1.807, 2.05) is 23.6 Å². The van der Waals surface area contributed by atoms with E-state index in [4.69, 9.17) is 4.74 Å². The fraction of sp³-hybridized carbons (Fsp3) is 0.167. The highest BCUT2D eigenvalue weighted by Crippen LogP contribution is 2.25. The standard InChI is InChI=1S/C18H16N6O3S/c1-3-27-18(26)12-10-20-23(2)16(12)22-17(25)11-9-21-24-13(6-7-19-15(11)24)14-5-4-8-28-14/h4-10H,3H2,1-2H3,(H,22,25). The topological polar surface area (TPSA) is 103 Å². The Morgan fingerprint density at radius 2 is 2.04 bits per heavy atom. The highest BCUT2D eigenvalue weighted by molar-refractivity contribution is 7.13. The van der Waals surface area contributed by atoms with Crippen LogP contribution in [0.1, 0.15) is 27.6 Å². The van der Waals surface area contributed by atoms with Crippen molar-refractivity contribution >= 4 is 34.7 Å². The van der Waals surface area contributed by atoms with Crippen molar-refractivity contribution in [3.05, 3.63) is 53.3 Å². The summed E-state index contributed by atoms with van der Waals surface area (Å²) in [5, 5.41) is 13.0. The average molecular weight is 396 g/mol. The van der Waals surface area contributed by atoms with Crippen LogP contribution in [0.15, 0.2) is 42.2 Å². The molecule has 28 heavy (non-hydrogen) atoms. The minimum Gasteiger partial charge on any atom is -0.462 e. The molecule has 0 aliphatic carbocycles. The van der Waals surface area contributed by atoms with Crippen molar-refractivity contribution in [3.8, 4) is 10.6 Å². The number of rotatable bonds is 5. The van der Waals surface area contributed by atoms with Crippen molar-refractivity contribution < 1.29 is 14.3 Å². The molecule has 0 unspecified atom stereocenters. The number of ether oxygens (including phenoxy) is 1. The zero-order valence-corrected chi connectivity index (χ0v) is 15.9. The number of aromatic nitrogens is 5. The lowest BCUT2D eigenvalue weighted by molar-refractivity contribution is 0.0527. The van der Waals surface area contributed by atoms with Gasteiger partial charge in [-0.3, -0.25) is 9.48 Å². The minimum atomic E-state index is -0.552. The van der Waals surface area contributed by atoms with Crippen LogP contribution in [-0.4, -0.2) is 42.9 Å². The first-order valence-electron chi connectivity index (χ1n) is 8.47. The molecular formula is C18H16N6O3S. The number of carbonyl (C=O) groups is 2. The number of amides is 1. The number of nitrogens with zero attached hydrogens (tertiary/aromatic N) is 5. The molecule has 0 aliphatic heterocycles. The van der Waals surface area contributed by atoms with E-state index in [-0.39, 0.29) is 23.6 Å². The van der Waals surface area contributed by atoms with Gasteiger partial charge in [0, 0.05) is 13.2 Å².